The summed E-state index contributed by atoms with van der Waals surface area (Å²) in [5, 5.41) is 3.46. The van der Waals surface area contributed by atoms with Gasteiger partial charge in [-0.2, -0.15) is 0 Å². The molecule has 2 unspecified atom stereocenters. The van der Waals surface area contributed by atoms with E-state index in [0.717, 1.165) is 36.6 Å². The zero-order chi connectivity index (χ0) is 15.2. The van der Waals surface area contributed by atoms with Crippen molar-refractivity contribution in [2.24, 2.45) is 5.92 Å². The Balaban J connectivity index is 2.14. The van der Waals surface area contributed by atoms with Crippen LogP contribution >= 0.6 is 15.9 Å². The summed E-state index contributed by atoms with van der Waals surface area (Å²) in [6.07, 6.45) is 2.63. The van der Waals surface area contributed by atoms with Crippen LogP contribution in [-0.2, 0) is 11.3 Å². The predicted octanol–water partition coefficient (Wildman–Crippen LogP) is 3.81. The number of nitrogens with zero attached hydrogens (tertiary/aromatic N) is 1. The maximum atomic E-state index is 5.10. The molecule has 1 fully saturated rings. The van der Waals surface area contributed by atoms with E-state index in [9.17, 15) is 0 Å². The number of benzene rings is 1. The van der Waals surface area contributed by atoms with Gasteiger partial charge in [-0.15, -0.1) is 0 Å². The highest BCUT2D eigenvalue weighted by Crippen LogP contribution is 2.32. The van der Waals surface area contributed by atoms with E-state index in [2.05, 4.69) is 58.2 Å². The first-order valence-electron chi connectivity index (χ1n) is 7.88. The van der Waals surface area contributed by atoms with Gasteiger partial charge in [0, 0.05) is 42.9 Å². The molecule has 1 N–H and O–H groups in total. The van der Waals surface area contributed by atoms with Gasteiger partial charge in [-0.1, -0.05) is 28.9 Å². The largest absolute Gasteiger partial charge is 0.383 e. The Morgan fingerprint density at radius 2 is 2.19 bits per heavy atom. The van der Waals surface area contributed by atoms with Crippen LogP contribution in [0, 0.1) is 5.92 Å². The number of methoxy groups -OCH3 is 1. The van der Waals surface area contributed by atoms with E-state index in [1.165, 1.54) is 24.1 Å². The number of rotatable bonds is 6. The average molecular weight is 355 g/mol. The summed E-state index contributed by atoms with van der Waals surface area (Å²) in [6.45, 7) is 8.41. The monoisotopic (exact) mass is 354 g/mol. The molecule has 1 aliphatic heterocycles. The molecule has 0 aromatic heterocycles. The van der Waals surface area contributed by atoms with Gasteiger partial charge in [0.2, 0.25) is 0 Å². The van der Waals surface area contributed by atoms with Gasteiger partial charge in [0.05, 0.1) is 6.61 Å². The van der Waals surface area contributed by atoms with Crippen LogP contribution in [0.1, 0.15) is 32.3 Å². The molecule has 0 amide bonds. The Morgan fingerprint density at radius 3 is 2.95 bits per heavy atom. The molecular weight excluding hydrogens is 328 g/mol. The number of hydrogen-bond acceptors (Lipinski definition) is 3. The van der Waals surface area contributed by atoms with E-state index in [1.54, 1.807) is 7.11 Å². The molecule has 1 aromatic rings. The summed E-state index contributed by atoms with van der Waals surface area (Å²) < 4.78 is 6.25. The highest BCUT2D eigenvalue weighted by Gasteiger charge is 2.26. The second-order valence-corrected chi connectivity index (χ2v) is 6.91. The topological polar surface area (TPSA) is 24.5 Å². The van der Waals surface area contributed by atoms with Crippen LogP contribution in [0.5, 0.6) is 0 Å². The van der Waals surface area contributed by atoms with Gasteiger partial charge in [-0.25, -0.2) is 0 Å². The van der Waals surface area contributed by atoms with Crippen LogP contribution in [-0.4, -0.2) is 32.8 Å². The molecule has 21 heavy (non-hydrogen) atoms. The van der Waals surface area contributed by atoms with Crippen molar-refractivity contribution >= 4 is 21.6 Å². The lowest BCUT2D eigenvalue weighted by molar-refractivity contribution is 0.199. The van der Waals surface area contributed by atoms with Crippen molar-refractivity contribution < 1.29 is 4.74 Å². The molecule has 1 saturated heterocycles. The zero-order valence-corrected chi connectivity index (χ0v) is 14.9. The van der Waals surface area contributed by atoms with Crippen LogP contribution < -0.4 is 10.2 Å². The lowest BCUT2D eigenvalue weighted by Gasteiger charge is -2.40. The first-order chi connectivity index (χ1) is 10.1. The second-order valence-electron chi connectivity index (χ2n) is 6.00. The molecule has 0 bridgehead atoms. The number of nitrogens with one attached hydrogen (secondary N) is 1. The Kier molecular flexibility index (Phi) is 6.52. The Labute approximate surface area is 137 Å². The Bertz CT molecular complexity index is 452. The van der Waals surface area contributed by atoms with Crippen molar-refractivity contribution in [1.29, 1.82) is 0 Å². The Morgan fingerprint density at radius 1 is 1.38 bits per heavy atom. The standard InChI is InChI=1S/C17H27BrN2O/c1-13-5-4-9-20(14(13)2)17-11-16(18)7-6-15(17)12-19-8-10-21-3/h6-7,11,13-14,19H,4-5,8-10,12H2,1-3H3. The predicted molar refractivity (Wildman–Crippen MR) is 92.9 cm³/mol. The number of ether oxygens (including phenoxy) is 1. The Hall–Kier alpha value is -0.580. The summed E-state index contributed by atoms with van der Waals surface area (Å²) in [6, 6.07) is 7.23. The van der Waals surface area contributed by atoms with E-state index in [0.29, 0.717) is 6.04 Å². The molecule has 2 rings (SSSR count). The molecule has 118 valence electrons. The number of piperidine rings is 1. The summed E-state index contributed by atoms with van der Waals surface area (Å²) >= 11 is 3.62. The summed E-state index contributed by atoms with van der Waals surface area (Å²) in [4.78, 5) is 2.58. The van der Waals surface area contributed by atoms with Crippen LogP contribution in [0.4, 0.5) is 5.69 Å². The second kappa shape index (κ2) is 8.16. The molecule has 0 spiro atoms. The summed E-state index contributed by atoms with van der Waals surface area (Å²) in [5.41, 5.74) is 2.74. The van der Waals surface area contributed by atoms with E-state index in [1.807, 2.05) is 0 Å². The highest BCUT2D eigenvalue weighted by molar-refractivity contribution is 9.10. The maximum absolute atomic E-state index is 5.10. The minimum absolute atomic E-state index is 0.603. The molecule has 1 aliphatic rings. The minimum Gasteiger partial charge on any atom is -0.383 e. The van der Waals surface area contributed by atoms with Crippen LogP contribution in [0.2, 0.25) is 0 Å². The normalized spacial score (nSPS) is 22.6. The lowest BCUT2D eigenvalue weighted by atomic mass is 9.91. The first-order valence-corrected chi connectivity index (χ1v) is 8.67. The van der Waals surface area contributed by atoms with Crippen LogP contribution in [0.15, 0.2) is 22.7 Å². The van der Waals surface area contributed by atoms with Crippen LogP contribution in [0.25, 0.3) is 0 Å². The zero-order valence-electron chi connectivity index (χ0n) is 13.4. The van der Waals surface area contributed by atoms with Gasteiger partial charge < -0.3 is 15.0 Å². The molecule has 2 atom stereocenters. The fourth-order valence-corrected chi connectivity index (χ4v) is 3.38. The van der Waals surface area contributed by atoms with Crippen molar-refractivity contribution in [3.63, 3.8) is 0 Å². The average Bonchev–Trinajstić information content (AvgIpc) is 2.48. The van der Waals surface area contributed by atoms with Crippen LogP contribution in [0.3, 0.4) is 0 Å². The maximum Gasteiger partial charge on any atom is 0.0587 e. The SMILES string of the molecule is COCCNCc1ccc(Br)cc1N1CCCC(C)C1C. The third-order valence-electron chi connectivity index (χ3n) is 4.53. The number of anilines is 1. The molecule has 1 heterocycles. The fourth-order valence-electron chi connectivity index (χ4n) is 3.03. The molecule has 4 heteroatoms. The van der Waals surface area contributed by atoms with E-state index in [-0.39, 0.29) is 0 Å². The molecule has 3 nitrogen and oxygen atoms in total. The number of halogens is 1. The van der Waals surface area contributed by atoms with Crippen molar-refractivity contribution in [1.82, 2.24) is 5.32 Å². The molecule has 1 aromatic carbocycles. The van der Waals surface area contributed by atoms with Crippen molar-refractivity contribution in [3.05, 3.63) is 28.2 Å². The summed E-state index contributed by atoms with van der Waals surface area (Å²) in [5.74, 6) is 0.757. The smallest absolute Gasteiger partial charge is 0.0587 e. The molecule has 0 aliphatic carbocycles. The van der Waals surface area contributed by atoms with E-state index in [4.69, 9.17) is 4.74 Å². The quantitative estimate of drug-likeness (QED) is 0.786. The number of hydrogen-bond donors (Lipinski definition) is 1. The molecular formula is C17H27BrN2O. The van der Waals surface area contributed by atoms with Crippen molar-refractivity contribution in [2.45, 2.75) is 39.3 Å². The van der Waals surface area contributed by atoms with Gasteiger partial charge in [-0.3, -0.25) is 0 Å². The van der Waals surface area contributed by atoms with Gasteiger partial charge in [0.15, 0.2) is 0 Å². The third kappa shape index (κ3) is 4.44. The first kappa shape index (κ1) is 16.8. The summed E-state index contributed by atoms with van der Waals surface area (Å²) in [7, 11) is 1.74. The van der Waals surface area contributed by atoms with E-state index < -0.39 is 0 Å². The van der Waals surface area contributed by atoms with E-state index >= 15 is 0 Å². The van der Waals surface area contributed by atoms with Crippen molar-refractivity contribution in [2.75, 3.05) is 31.7 Å². The highest BCUT2D eigenvalue weighted by atomic mass is 79.9. The molecule has 0 radical (unpaired) electrons. The molecule has 0 saturated carbocycles. The minimum atomic E-state index is 0.603. The van der Waals surface area contributed by atoms with Gasteiger partial charge in [-0.05, 0) is 43.4 Å². The third-order valence-corrected chi connectivity index (χ3v) is 5.02. The van der Waals surface area contributed by atoms with Gasteiger partial charge in [0.25, 0.3) is 0 Å². The fraction of sp³-hybridized carbons (Fsp3) is 0.647. The van der Waals surface area contributed by atoms with Gasteiger partial charge >= 0.3 is 0 Å². The lowest BCUT2D eigenvalue weighted by Crippen LogP contribution is -2.43. The van der Waals surface area contributed by atoms with Gasteiger partial charge in [0.1, 0.15) is 0 Å². The van der Waals surface area contributed by atoms with Crippen molar-refractivity contribution in [3.8, 4) is 0 Å².